The monoisotopic (exact) mass is 278 g/mol. The second-order valence-electron chi connectivity index (χ2n) is 5.09. The van der Waals surface area contributed by atoms with Gasteiger partial charge in [0.25, 0.3) is 5.56 Å². The Hall–Kier alpha value is -1.20. The van der Waals surface area contributed by atoms with Gasteiger partial charge in [-0.25, -0.2) is 4.98 Å². The van der Waals surface area contributed by atoms with Crippen LogP contribution in [0.25, 0.3) is 10.2 Å². The van der Waals surface area contributed by atoms with E-state index >= 15 is 0 Å². The molecule has 0 bridgehead atoms. The van der Waals surface area contributed by atoms with Crippen LogP contribution in [0.1, 0.15) is 42.7 Å². The van der Waals surface area contributed by atoms with Crippen LogP contribution in [0.5, 0.6) is 0 Å². The van der Waals surface area contributed by atoms with Gasteiger partial charge in [-0.3, -0.25) is 9.36 Å². The van der Waals surface area contributed by atoms with Crippen molar-refractivity contribution >= 4 is 21.6 Å². The minimum absolute atomic E-state index is 0.0179. The van der Waals surface area contributed by atoms with Gasteiger partial charge >= 0.3 is 0 Å². The highest BCUT2D eigenvalue weighted by Crippen LogP contribution is 2.33. The molecule has 0 amide bonds. The summed E-state index contributed by atoms with van der Waals surface area (Å²) in [5, 5.41) is 10.2. The summed E-state index contributed by atoms with van der Waals surface area (Å²) in [5.74, 6) is 0. The molecule has 0 aromatic carbocycles. The van der Waals surface area contributed by atoms with Gasteiger partial charge in [0.05, 0.1) is 24.4 Å². The summed E-state index contributed by atoms with van der Waals surface area (Å²) in [5.41, 5.74) is 1.23. The van der Waals surface area contributed by atoms with Crippen molar-refractivity contribution in [1.82, 2.24) is 9.55 Å². The molecule has 2 aromatic heterocycles. The maximum Gasteiger partial charge on any atom is 0.262 e. The summed E-state index contributed by atoms with van der Waals surface area (Å²) in [7, 11) is 0. The van der Waals surface area contributed by atoms with E-state index in [0.29, 0.717) is 0 Å². The van der Waals surface area contributed by atoms with Crippen LogP contribution in [0, 0.1) is 0 Å². The maximum atomic E-state index is 12.6. The Labute approximate surface area is 115 Å². The first-order valence-corrected chi connectivity index (χ1v) is 7.70. The molecule has 102 valence electrons. The van der Waals surface area contributed by atoms with Gasteiger partial charge in [0, 0.05) is 4.88 Å². The van der Waals surface area contributed by atoms with Crippen molar-refractivity contribution in [3.63, 3.8) is 0 Å². The normalized spacial score (nSPS) is 16.5. The van der Waals surface area contributed by atoms with Gasteiger partial charge in [-0.05, 0) is 37.7 Å². The Morgan fingerprint density at radius 2 is 2.26 bits per heavy atom. The Kier molecular flexibility index (Phi) is 3.41. The molecule has 0 aliphatic heterocycles. The minimum Gasteiger partial charge on any atom is -0.394 e. The van der Waals surface area contributed by atoms with Crippen LogP contribution in [0.3, 0.4) is 0 Å². The van der Waals surface area contributed by atoms with E-state index in [1.54, 1.807) is 22.2 Å². The maximum absolute atomic E-state index is 12.6. The van der Waals surface area contributed by atoms with Gasteiger partial charge in [0.15, 0.2) is 0 Å². The van der Waals surface area contributed by atoms with Gasteiger partial charge in [-0.1, -0.05) is 6.92 Å². The SMILES string of the molecule is CCC(CO)n1cnc2sc3c(c2c1=O)CCCC3. The smallest absolute Gasteiger partial charge is 0.262 e. The molecule has 3 rings (SSSR count). The van der Waals surface area contributed by atoms with Crippen LogP contribution in [0.15, 0.2) is 11.1 Å². The number of aryl methyl sites for hydroxylation is 2. The molecule has 0 saturated heterocycles. The first kappa shape index (κ1) is 12.8. The third-order valence-corrected chi connectivity index (χ3v) is 5.18. The van der Waals surface area contributed by atoms with Gasteiger partial charge in [-0.15, -0.1) is 11.3 Å². The van der Waals surface area contributed by atoms with Crippen molar-refractivity contribution in [3.05, 3.63) is 27.1 Å². The summed E-state index contributed by atoms with van der Waals surface area (Å²) in [6.07, 6.45) is 6.76. The topological polar surface area (TPSA) is 55.1 Å². The van der Waals surface area contributed by atoms with Crippen molar-refractivity contribution in [3.8, 4) is 0 Å². The highest BCUT2D eigenvalue weighted by atomic mass is 32.1. The van der Waals surface area contributed by atoms with Crippen LogP contribution >= 0.6 is 11.3 Å². The summed E-state index contributed by atoms with van der Waals surface area (Å²) >= 11 is 1.66. The number of thiophene rings is 1. The Morgan fingerprint density at radius 1 is 1.47 bits per heavy atom. The standard InChI is InChI=1S/C14H18N2O2S/c1-2-9(7-17)16-8-15-13-12(14(16)18)10-5-3-4-6-11(10)19-13/h8-9,17H,2-7H2,1H3. The lowest BCUT2D eigenvalue weighted by molar-refractivity contribution is 0.221. The summed E-state index contributed by atoms with van der Waals surface area (Å²) < 4.78 is 1.60. The highest BCUT2D eigenvalue weighted by Gasteiger charge is 2.21. The zero-order valence-electron chi connectivity index (χ0n) is 11.1. The van der Waals surface area contributed by atoms with Crippen LogP contribution in [0.2, 0.25) is 0 Å². The van der Waals surface area contributed by atoms with E-state index in [-0.39, 0.29) is 18.2 Å². The quantitative estimate of drug-likeness (QED) is 0.937. The molecule has 0 radical (unpaired) electrons. The lowest BCUT2D eigenvalue weighted by atomic mass is 9.97. The number of nitrogens with zero attached hydrogens (tertiary/aromatic N) is 2. The molecule has 1 aliphatic carbocycles. The summed E-state index contributed by atoms with van der Waals surface area (Å²) in [6.45, 7) is 1.95. The van der Waals surface area contributed by atoms with E-state index in [1.807, 2.05) is 6.92 Å². The van der Waals surface area contributed by atoms with E-state index in [4.69, 9.17) is 0 Å². The predicted octanol–water partition coefficient (Wildman–Crippen LogP) is 2.28. The lowest BCUT2D eigenvalue weighted by Crippen LogP contribution is -2.27. The fourth-order valence-electron chi connectivity index (χ4n) is 2.83. The number of aliphatic hydroxyl groups excluding tert-OH is 1. The number of hydrogen-bond donors (Lipinski definition) is 1. The summed E-state index contributed by atoms with van der Waals surface area (Å²) in [6, 6.07) is -0.163. The van der Waals surface area contributed by atoms with Gasteiger partial charge in [0.2, 0.25) is 0 Å². The molecule has 0 spiro atoms. The molecule has 4 nitrogen and oxygen atoms in total. The minimum atomic E-state index is -0.163. The molecule has 1 aliphatic rings. The average Bonchev–Trinajstić information content (AvgIpc) is 2.81. The fourth-order valence-corrected chi connectivity index (χ4v) is 4.05. The molecular formula is C14H18N2O2S. The molecule has 5 heteroatoms. The average molecular weight is 278 g/mol. The fraction of sp³-hybridized carbons (Fsp3) is 0.571. The van der Waals surface area contributed by atoms with E-state index in [1.165, 1.54) is 16.9 Å². The van der Waals surface area contributed by atoms with Crippen LogP contribution in [-0.4, -0.2) is 21.3 Å². The van der Waals surface area contributed by atoms with E-state index in [2.05, 4.69) is 4.98 Å². The first-order chi connectivity index (χ1) is 9.26. The number of rotatable bonds is 3. The molecule has 1 N–H and O–H groups in total. The van der Waals surface area contributed by atoms with E-state index in [9.17, 15) is 9.90 Å². The molecule has 2 aromatic rings. The van der Waals surface area contributed by atoms with Crippen LogP contribution in [-0.2, 0) is 12.8 Å². The van der Waals surface area contributed by atoms with Crippen molar-refractivity contribution in [2.24, 2.45) is 0 Å². The van der Waals surface area contributed by atoms with Gasteiger partial charge < -0.3 is 5.11 Å². The van der Waals surface area contributed by atoms with Crippen LogP contribution < -0.4 is 5.56 Å². The number of aromatic nitrogens is 2. The molecule has 1 atom stereocenters. The lowest BCUT2D eigenvalue weighted by Gasteiger charge is -2.15. The zero-order valence-corrected chi connectivity index (χ0v) is 11.9. The van der Waals surface area contributed by atoms with E-state index in [0.717, 1.165) is 35.9 Å². The first-order valence-electron chi connectivity index (χ1n) is 6.88. The molecule has 1 unspecified atom stereocenters. The Bertz CT molecular complexity index is 655. The van der Waals surface area contributed by atoms with E-state index < -0.39 is 0 Å². The number of hydrogen-bond acceptors (Lipinski definition) is 4. The van der Waals surface area contributed by atoms with Crippen molar-refractivity contribution in [2.75, 3.05) is 6.61 Å². The zero-order chi connectivity index (χ0) is 13.4. The molecule has 0 fully saturated rings. The third kappa shape index (κ3) is 2.01. The van der Waals surface area contributed by atoms with Crippen LogP contribution in [0.4, 0.5) is 0 Å². The van der Waals surface area contributed by atoms with Crippen molar-refractivity contribution in [1.29, 1.82) is 0 Å². The second-order valence-corrected chi connectivity index (χ2v) is 6.18. The Balaban J connectivity index is 2.23. The highest BCUT2D eigenvalue weighted by molar-refractivity contribution is 7.18. The van der Waals surface area contributed by atoms with Gasteiger partial charge in [-0.2, -0.15) is 0 Å². The van der Waals surface area contributed by atoms with Crippen molar-refractivity contribution in [2.45, 2.75) is 45.1 Å². The molecule has 19 heavy (non-hydrogen) atoms. The summed E-state index contributed by atoms with van der Waals surface area (Å²) in [4.78, 5) is 19.3. The molecular weight excluding hydrogens is 260 g/mol. The van der Waals surface area contributed by atoms with Crippen molar-refractivity contribution < 1.29 is 5.11 Å². The number of aliphatic hydroxyl groups is 1. The Morgan fingerprint density at radius 3 is 3.00 bits per heavy atom. The molecule has 2 heterocycles. The molecule has 0 saturated carbocycles. The largest absolute Gasteiger partial charge is 0.394 e. The predicted molar refractivity (Wildman–Crippen MR) is 76.9 cm³/mol. The third-order valence-electron chi connectivity index (χ3n) is 3.98. The second kappa shape index (κ2) is 5.06. The van der Waals surface area contributed by atoms with Gasteiger partial charge in [0.1, 0.15) is 4.83 Å². The number of fused-ring (bicyclic) bond motifs is 3.